The minimum absolute atomic E-state index is 0.266. The van der Waals surface area contributed by atoms with Crippen LogP contribution in [0, 0.1) is 0 Å². The van der Waals surface area contributed by atoms with Gasteiger partial charge in [0.05, 0.1) is 6.61 Å². The molecule has 186 valence electrons. The minimum Gasteiger partial charge on any atom is -0.429 e. The molecule has 5 atom stereocenters. The van der Waals surface area contributed by atoms with Crippen molar-refractivity contribution in [3.8, 4) is 0 Å². The number of carbonyl (C=O) groups is 1. The highest BCUT2D eigenvalue weighted by molar-refractivity contribution is 5.87. The van der Waals surface area contributed by atoms with Crippen molar-refractivity contribution < 1.29 is 33.2 Å². The number of hydrogen-bond acceptors (Lipinski definition) is 7. The first-order chi connectivity index (χ1) is 16.0. The van der Waals surface area contributed by atoms with Crippen molar-refractivity contribution in [3.05, 3.63) is 12.2 Å². The summed E-state index contributed by atoms with van der Waals surface area (Å²) in [5.74, 6) is -1.61. The zero-order valence-electron chi connectivity index (χ0n) is 20.1. The molecule has 0 bridgehead atoms. The summed E-state index contributed by atoms with van der Waals surface area (Å²) < 4.78 is 38.1. The molecule has 0 N–H and O–H groups in total. The first-order valence-corrected chi connectivity index (χ1v) is 13.2. The highest BCUT2D eigenvalue weighted by Crippen LogP contribution is 2.48. The quantitative estimate of drug-likeness (QED) is 0.434. The van der Waals surface area contributed by atoms with Crippen molar-refractivity contribution in [3.63, 3.8) is 0 Å². The highest BCUT2D eigenvalue weighted by Gasteiger charge is 2.62. The predicted octanol–water partition coefficient (Wildman–Crippen LogP) is 4.91. The Balaban J connectivity index is 1.33. The Bertz CT molecular complexity index is 705. The second-order valence-corrected chi connectivity index (χ2v) is 10.6. The van der Waals surface area contributed by atoms with Gasteiger partial charge in [-0.2, -0.15) is 0 Å². The lowest BCUT2D eigenvalue weighted by atomic mass is 9.95. The molecule has 2 saturated carbocycles. The van der Waals surface area contributed by atoms with Gasteiger partial charge in [0.15, 0.2) is 17.7 Å². The van der Waals surface area contributed by atoms with Crippen molar-refractivity contribution >= 4 is 5.97 Å². The molecule has 0 aromatic rings. The van der Waals surface area contributed by atoms with E-state index in [0.717, 1.165) is 51.4 Å². The number of hydrogen-bond donors (Lipinski definition) is 0. The molecule has 2 spiro atoms. The first-order valence-electron chi connectivity index (χ1n) is 13.2. The Hall–Kier alpha value is -0.990. The van der Waals surface area contributed by atoms with E-state index in [4.69, 9.17) is 28.4 Å². The Morgan fingerprint density at radius 3 is 1.91 bits per heavy atom. The molecule has 0 radical (unpaired) electrons. The van der Waals surface area contributed by atoms with Gasteiger partial charge in [0.25, 0.3) is 0 Å². The maximum atomic E-state index is 12.3. The van der Waals surface area contributed by atoms with Gasteiger partial charge >= 0.3 is 5.97 Å². The van der Waals surface area contributed by atoms with Crippen LogP contribution in [0.1, 0.15) is 96.8 Å². The van der Waals surface area contributed by atoms with Gasteiger partial charge in [-0.25, -0.2) is 4.79 Å². The lowest BCUT2D eigenvalue weighted by Gasteiger charge is -2.34. The maximum absolute atomic E-state index is 12.3. The smallest absolute Gasteiger partial charge is 0.335 e. The van der Waals surface area contributed by atoms with Crippen LogP contribution in [0.25, 0.3) is 0 Å². The average Bonchev–Trinajstić information content (AvgIpc) is 3.42. The van der Waals surface area contributed by atoms with Crippen LogP contribution >= 0.6 is 0 Å². The van der Waals surface area contributed by atoms with E-state index in [9.17, 15) is 4.79 Å². The second kappa shape index (κ2) is 9.94. The monoisotopic (exact) mass is 464 g/mol. The van der Waals surface area contributed by atoms with Crippen LogP contribution in [0.3, 0.4) is 0 Å². The molecule has 5 aliphatic rings. The molecule has 7 heteroatoms. The van der Waals surface area contributed by atoms with Gasteiger partial charge in [-0.15, -0.1) is 0 Å². The third-order valence-corrected chi connectivity index (χ3v) is 7.95. The molecule has 3 heterocycles. The molecule has 0 aromatic carbocycles. The molecule has 0 amide bonds. The van der Waals surface area contributed by atoms with Gasteiger partial charge < -0.3 is 28.4 Å². The topological polar surface area (TPSA) is 72.5 Å². The van der Waals surface area contributed by atoms with Crippen molar-refractivity contribution in [2.24, 2.45) is 0 Å². The van der Waals surface area contributed by atoms with Crippen LogP contribution in [0.2, 0.25) is 0 Å². The number of esters is 1. The molecule has 33 heavy (non-hydrogen) atoms. The summed E-state index contributed by atoms with van der Waals surface area (Å²) in [4.78, 5) is 12.3. The van der Waals surface area contributed by atoms with E-state index in [-0.39, 0.29) is 12.2 Å². The fourth-order valence-electron chi connectivity index (χ4n) is 6.16. The van der Waals surface area contributed by atoms with E-state index in [0.29, 0.717) is 12.2 Å². The van der Waals surface area contributed by atoms with Crippen LogP contribution in [0.4, 0.5) is 0 Å². The van der Waals surface area contributed by atoms with Crippen LogP contribution < -0.4 is 0 Å². The number of rotatable bonds is 3. The second-order valence-electron chi connectivity index (χ2n) is 10.6. The molecule has 2 unspecified atom stereocenters. The summed E-state index contributed by atoms with van der Waals surface area (Å²) in [6.45, 7) is 5.82. The molecular weight excluding hydrogens is 424 g/mol. The standard InChI is InChI=1S/C26H40O7/c1-18(2)23(27)30-24-22-21(32-26(33-22)15-11-7-4-8-12-16-26)20(29-24)19-17-28-25(31-19)13-9-5-3-6-10-14-25/h19-22,24H,1,3-17H2,2H3/t19?,20-,21+,22+,24?/m1/s1. The van der Waals surface area contributed by atoms with Gasteiger partial charge in [0.1, 0.15) is 18.3 Å². The molecule has 5 fully saturated rings. The summed E-state index contributed by atoms with van der Waals surface area (Å²) >= 11 is 0. The first kappa shape index (κ1) is 23.7. The third kappa shape index (κ3) is 5.03. The highest BCUT2D eigenvalue weighted by atomic mass is 16.8. The van der Waals surface area contributed by atoms with Crippen molar-refractivity contribution in [2.45, 2.75) is 139 Å². The number of ether oxygens (including phenoxy) is 6. The van der Waals surface area contributed by atoms with Gasteiger partial charge in [-0.3, -0.25) is 0 Å². The summed E-state index contributed by atoms with van der Waals surface area (Å²) in [6, 6.07) is 0. The lowest BCUT2D eigenvalue weighted by molar-refractivity contribution is -0.261. The Morgan fingerprint density at radius 1 is 0.758 bits per heavy atom. The van der Waals surface area contributed by atoms with Gasteiger partial charge in [-0.1, -0.05) is 45.1 Å². The number of carbonyl (C=O) groups excluding carboxylic acids is 1. The summed E-state index contributed by atoms with van der Waals surface area (Å²) in [7, 11) is 0. The average molecular weight is 465 g/mol. The Labute approximate surface area is 197 Å². The molecule has 7 nitrogen and oxygen atoms in total. The van der Waals surface area contributed by atoms with Crippen LogP contribution in [-0.4, -0.2) is 54.9 Å². The van der Waals surface area contributed by atoms with E-state index in [2.05, 4.69) is 6.58 Å². The van der Waals surface area contributed by atoms with E-state index in [1.807, 2.05) is 0 Å². The van der Waals surface area contributed by atoms with Crippen LogP contribution in [0.15, 0.2) is 12.2 Å². The molecule has 3 saturated heterocycles. The normalized spacial score (nSPS) is 38.3. The largest absolute Gasteiger partial charge is 0.429 e. The molecule has 3 aliphatic heterocycles. The zero-order chi connectivity index (χ0) is 22.9. The fourth-order valence-corrected chi connectivity index (χ4v) is 6.16. The van der Waals surface area contributed by atoms with Crippen molar-refractivity contribution in [2.75, 3.05) is 6.61 Å². The Morgan fingerprint density at radius 2 is 1.30 bits per heavy atom. The molecule has 5 rings (SSSR count). The zero-order valence-corrected chi connectivity index (χ0v) is 20.1. The number of fused-ring (bicyclic) bond motifs is 1. The maximum Gasteiger partial charge on any atom is 0.335 e. The summed E-state index contributed by atoms with van der Waals surface area (Å²) in [5.41, 5.74) is 0.340. The molecule has 2 aliphatic carbocycles. The SMILES string of the molecule is C=C(C)C(=O)OC1O[C@H](C2COC3(CCCCCCC3)O2)[C@@H]2OC3(CCCCCCC3)O[C@H]12. The van der Waals surface area contributed by atoms with E-state index >= 15 is 0 Å². The van der Waals surface area contributed by atoms with Crippen LogP contribution in [0.5, 0.6) is 0 Å². The van der Waals surface area contributed by atoms with Crippen molar-refractivity contribution in [1.29, 1.82) is 0 Å². The fraction of sp³-hybridized carbons (Fsp3) is 0.885. The van der Waals surface area contributed by atoms with Gasteiger partial charge in [-0.05, 0) is 32.6 Å². The summed E-state index contributed by atoms with van der Waals surface area (Å²) in [6.07, 6.45) is 13.0. The molecular formula is C26H40O7. The third-order valence-electron chi connectivity index (χ3n) is 7.95. The summed E-state index contributed by atoms with van der Waals surface area (Å²) in [5, 5.41) is 0. The van der Waals surface area contributed by atoms with E-state index in [1.54, 1.807) is 6.92 Å². The Kier molecular flexibility index (Phi) is 7.15. The van der Waals surface area contributed by atoms with E-state index < -0.39 is 36.0 Å². The lowest BCUT2D eigenvalue weighted by Crippen LogP contribution is -2.42. The minimum atomic E-state index is -0.827. The van der Waals surface area contributed by atoms with Gasteiger partial charge in [0, 0.05) is 31.3 Å². The van der Waals surface area contributed by atoms with E-state index in [1.165, 1.54) is 38.5 Å². The van der Waals surface area contributed by atoms with Crippen molar-refractivity contribution in [1.82, 2.24) is 0 Å². The molecule has 0 aromatic heterocycles. The predicted molar refractivity (Wildman–Crippen MR) is 120 cm³/mol. The van der Waals surface area contributed by atoms with Gasteiger partial charge in [0.2, 0.25) is 6.29 Å². The van der Waals surface area contributed by atoms with Crippen LogP contribution in [-0.2, 0) is 33.2 Å².